The molecule has 0 radical (unpaired) electrons. The van der Waals surface area contributed by atoms with Crippen LogP contribution in [-0.2, 0) is 9.53 Å². The molecule has 1 rings (SSSR count). The van der Waals surface area contributed by atoms with Crippen LogP contribution in [0, 0.1) is 0 Å². The van der Waals surface area contributed by atoms with Gasteiger partial charge in [-0.1, -0.05) is 0 Å². The first kappa shape index (κ1) is 13.8. The molecule has 1 unspecified atom stereocenters. The lowest BCUT2D eigenvalue weighted by Crippen LogP contribution is -2.46. The molecule has 16 heavy (non-hydrogen) atoms. The molecule has 1 saturated heterocycles. The van der Waals surface area contributed by atoms with Gasteiger partial charge < -0.3 is 15.6 Å². The Kier molecular flexibility index (Phi) is 5.08. The summed E-state index contributed by atoms with van der Waals surface area (Å²) in [5.74, 6) is -0.0341. The normalized spacial score (nSPS) is 23.3. The number of carboxylic acid groups (broad SMARTS) is 1. The zero-order valence-electron chi connectivity index (χ0n) is 9.94. The van der Waals surface area contributed by atoms with Gasteiger partial charge in [0.1, 0.15) is 6.04 Å². The quantitative estimate of drug-likeness (QED) is 0.744. The van der Waals surface area contributed by atoms with Crippen molar-refractivity contribution in [2.45, 2.75) is 50.0 Å². The molecule has 1 fully saturated rings. The van der Waals surface area contributed by atoms with Gasteiger partial charge in [-0.25, -0.2) is 0 Å². The van der Waals surface area contributed by atoms with Crippen molar-refractivity contribution >= 4 is 17.7 Å². The van der Waals surface area contributed by atoms with Gasteiger partial charge in [-0.3, -0.25) is 4.79 Å². The molecule has 5 heteroatoms. The van der Waals surface area contributed by atoms with Crippen LogP contribution in [0.25, 0.3) is 0 Å². The minimum Gasteiger partial charge on any atom is -0.480 e. The first-order chi connectivity index (χ1) is 7.43. The third kappa shape index (κ3) is 3.96. The number of hydrogen-bond donors (Lipinski definition) is 2. The van der Waals surface area contributed by atoms with Gasteiger partial charge in [0.05, 0.1) is 6.10 Å². The van der Waals surface area contributed by atoms with Crippen molar-refractivity contribution < 1.29 is 14.6 Å². The van der Waals surface area contributed by atoms with E-state index in [2.05, 4.69) is 0 Å². The van der Waals surface area contributed by atoms with Crippen molar-refractivity contribution in [3.8, 4) is 0 Å². The largest absolute Gasteiger partial charge is 0.480 e. The summed E-state index contributed by atoms with van der Waals surface area (Å²) in [6.07, 6.45) is 3.63. The van der Waals surface area contributed by atoms with E-state index in [1.807, 2.05) is 13.8 Å². The maximum atomic E-state index is 10.8. The molecular weight excluding hydrogens is 226 g/mol. The summed E-state index contributed by atoms with van der Waals surface area (Å²) < 4.78 is 5.09. The van der Waals surface area contributed by atoms with E-state index in [9.17, 15) is 4.79 Å². The summed E-state index contributed by atoms with van der Waals surface area (Å²) in [6, 6.07) is -0.818. The van der Waals surface area contributed by atoms with Gasteiger partial charge in [-0.2, -0.15) is 11.8 Å². The Morgan fingerprint density at radius 2 is 2.38 bits per heavy atom. The summed E-state index contributed by atoms with van der Waals surface area (Å²) in [4.78, 5) is 10.8. The topological polar surface area (TPSA) is 72.5 Å². The zero-order chi connectivity index (χ0) is 12.2. The van der Waals surface area contributed by atoms with Crippen molar-refractivity contribution in [3.63, 3.8) is 0 Å². The van der Waals surface area contributed by atoms with Crippen LogP contribution < -0.4 is 5.73 Å². The van der Waals surface area contributed by atoms with Crippen molar-refractivity contribution in [1.29, 1.82) is 0 Å². The number of thioether (sulfide) groups is 1. The number of nitrogens with two attached hydrogens (primary N) is 1. The molecule has 1 aliphatic heterocycles. The average molecular weight is 247 g/mol. The van der Waals surface area contributed by atoms with E-state index in [4.69, 9.17) is 15.6 Å². The van der Waals surface area contributed by atoms with E-state index < -0.39 is 16.8 Å². The summed E-state index contributed by atoms with van der Waals surface area (Å²) in [5, 5.41) is 8.87. The van der Waals surface area contributed by atoms with Crippen LogP contribution in [0.2, 0.25) is 0 Å². The molecule has 3 N–H and O–H groups in total. The van der Waals surface area contributed by atoms with E-state index in [-0.39, 0.29) is 0 Å². The highest BCUT2D eigenvalue weighted by atomic mass is 32.2. The van der Waals surface area contributed by atoms with E-state index in [1.165, 1.54) is 0 Å². The Morgan fingerprint density at radius 3 is 2.88 bits per heavy atom. The minimum atomic E-state index is -0.936. The minimum absolute atomic E-state index is 0.365. The molecular formula is C11H21NO3S. The van der Waals surface area contributed by atoms with E-state index in [0.29, 0.717) is 6.10 Å². The molecule has 0 aromatic rings. The molecule has 0 aliphatic carbocycles. The van der Waals surface area contributed by atoms with Crippen LogP contribution in [0.15, 0.2) is 0 Å². The van der Waals surface area contributed by atoms with Gasteiger partial charge >= 0.3 is 5.97 Å². The van der Waals surface area contributed by atoms with Crippen LogP contribution in [0.3, 0.4) is 0 Å². The molecule has 0 amide bonds. The fourth-order valence-corrected chi connectivity index (χ4v) is 2.90. The fourth-order valence-electron chi connectivity index (χ4n) is 1.71. The molecule has 1 heterocycles. The molecule has 94 valence electrons. The molecule has 0 saturated carbocycles. The van der Waals surface area contributed by atoms with Gasteiger partial charge in [0.2, 0.25) is 0 Å². The zero-order valence-corrected chi connectivity index (χ0v) is 10.8. The Bertz CT molecular complexity index is 239. The predicted molar refractivity (Wildman–Crippen MR) is 65.7 cm³/mol. The van der Waals surface area contributed by atoms with Gasteiger partial charge in [-0.05, 0) is 38.9 Å². The second-order valence-electron chi connectivity index (χ2n) is 4.69. The predicted octanol–water partition coefficient (Wildman–Crippen LogP) is 1.48. The first-order valence-electron chi connectivity index (χ1n) is 5.67. The Hall–Kier alpha value is -0.260. The number of carbonyl (C=O) groups is 1. The smallest absolute Gasteiger partial charge is 0.321 e. The highest BCUT2D eigenvalue weighted by Crippen LogP contribution is 2.29. The third-order valence-electron chi connectivity index (χ3n) is 2.95. The molecule has 1 aliphatic rings. The van der Waals surface area contributed by atoms with Crippen LogP contribution in [0.5, 0.6) is 0 Å². The number of rotatable bonds is 6. The van der Waals surface area contributed by atoms with Crippen molar-refractivity contribution in [3.05, 3.63) is 0 Å². The number of aliphatic carboxylic acids is 1. The average Bonchev–Trinajstić information content (AvgIpc) is 2.69. The van der Waals surface area contributed by atoms with Gasteiger partial charge in [0.25, 0.3) is 0 Å². The van der Waals surface area contributed by atoms with Crippen LogP contribution in [0.4, 0.5) is 0 Å². The Morgan fingerprint density at radius 1 is 1.69 bits per heavy atom. The maximum Gasteiger partial charge on any atom is 0.321 e. The summed E-state index contributed by atoms with van der Waals surface area (Å²) in [5.41, 5.74) is 5.64. The summed E-state index contributed by atoms with van der Waals surface area (Å²) in [7, 11) is 0. The Balaban J connectivity index is 2.26. The Labute approximate surface area is 101 Å². The molecule has 0 bridgehead atoms. The molecule has 0 aromatic heterocycles. The lowest BCUT2D eigenvalue weighted by molar-refractivity contribution is -0.139. The van der Waals surface area contributed by atoms with Gasteiger partial charge in [-0.15, -0.1) is 0 Å². The first-order valence-corrected chi connectivity index (χ1v) is 6.66. The lowest BCUT2D eigenvalue weighted by Gasteiger charge is -2.28. The van der Waals surface area contributed by atoms with Crippen molar-refractivity contribution in [2.75, 3.05) is 12.4 Å². The van der Waals surface area contributed by atoms with Crippen molar-refractivity contribution in [1.82, 2.24) is 0 Å². The molecule has 0 aromatic carbocycles. The SMILES string of the molecule is CC(C)(SCCC1CCCO1)[C@@H](N)C(=O)O. The maximum absolute atomic E-state index is 10.8. The fraction of sp³-hybridized carbons (Fsp3) is 0.909. The highest BCUT2D eigenvalue weighted by Gasteiger charge is 2.32. The number of carboxylic acids is 1. The summed E-state index contributed by atoms with van der Waals surface area (Å²) in [6.45, 7) is 4.63. The lowest BCUT2D eigenvalue weighted by atomic mass is 10.1. The third-order valence-corrected chi connectivity index (χ3v) is 4.39. The second kappa shape index (κ2) is 5.89. The van der Waals surface area contributed by atoms with Crippen LogP contribution in [-0.4, -0.2) is 40.3 Å². The van der Waals surface area contributed by atoms with E-state index in [1.54, 1.807) is 11.8 Å². The standard InChI is InChI=1S/C11H21NO3S/c1-11(2,9(12)10(13)14)16-7-5-8-4-3-6-15-8/h8-9H,3-7,12H2,1-2H3,(H,13,14)/t8?,9-/m0/s1. The van der Waals surface area contributed by atoms with Crippen LogP contribution >= 0.6 is 11.8 Å². The van der Waals surface area contributed by atoms with Crippen LogP contribution in [0.1, 0.15) is 33.1 Å². The van der Waals surface area contributed by atoms with Gasteiger partial charge in [0.15, 0.2) is 0 Å². The number of hydrogen-bond acceptors (Lipinski definition) is 4. The van der Waals surface area contributed by atoms with E-state index >= 15 is 0 Å². The number of ether oxygens (including phenoxy) is 1. The van der Waals surface area contributed by atoms with Crippen molar-refractivity contribution in [2.24, 2.45) is 5.73 Å². The second-order valence-corrected chi connectivity index (χ2v) is 6.44. The van der Waals surface area contributed by atoms with Gasteiger partial charge in [0, 0.05) is 11.4 Å². The molecule has 2 atom stereocenters. The molecule has 4 nitrogen and oxygen atoms in total. The monoisotopic (exact) mass is 247 g/mol. The highest BCUT2D eigenvalue weighted by molar-refractivity contribution is 8.00. The molecule has 0 spiro atoms. The summed E-state index contributed by atoms with van der Waals surface area (Å²) >= 11 is 1.62. The van der Waals surface area contributed by atoms with E-state index in [0.717, 1.165) is 31.6 Å².